The molecule has 2 aromatic heterocycles. The third-order valence-corrected chi connectivity index (χ3v) is 3.24. The SMILES string of the molecule is C=CCn1c(=O)c(-c2ccccc2)cc2cccnc21. The first-order chi connectivity index (χ1) is 9.81. The average Bonchev–Trinajstić information content (AvgIpc) is 2.51. The Morgan fingerprint density at radius 1 is 1.15 bits per heavy atom. The lowest BCUT2D eigenvalue weighted by Crippen LogP contribution is -2.22. The molecule has 0 unspecified atom stereocenters. The van der Waals surface area contributed by atoms with Gasteiger partial charge in [0, 0.05) is 23.7 Å². The Labute approximate surface area is 116 Å². The van der Waals surface area contributed by atoms with Crippen LogP contribution in [0.2, 0.25) is 0 Å². The van der Waals surface area contributed by atoms with Crippen LogP contribution >= 0.6 is 0 Å². The molecule has 0 saturated carbocycles. The van der Waals surface area contributed by atoms with Crippen LogP contribution < -0.4 is 5.56 Å². The van der Waals surface area contributed by atoms with Gasteiger partial charge in [-0.3, -0.25) is 9.36 Å². The van der Waals surface area contributed by atoms with Crippen molar-refractivity contribution >= 4 is 11.0 Å². The van der Waals surface area contributed by atoms with Crippen molar-refractivity contribution in [2.75, 3.05) is 0 Å². The number of hydrogen-bond donors (Lipinski definition) is 0. The van der Waals surface area contributed by atoms with E-state index in [0.29, 0.717) is 17.8 Å². The van der Waals surface area contributed by atoms with Gasteiger partial charge in [0.2, 0.25) is 0 Å². The summed E-state index contributed by atoms with van der Waals surface area (Å²) in [4.78, 5) is 17.0. The first kappa shape index (κ1) is 12.4. The van der Waals surface area contributed by atoms with E-state index in [0.717, 1.165) is 10.9 Å². The van der Waals surface area contributed by atoms with Gasteiger partial charge in [0.05, 0.1) is 0 Å². The molecule has 0 N–H and O–H groups in total. The van der Waals surface area contributed by atoms with Crippen molar-refractivity contribution in [1.82, 2.24) is 9.55 Å². The molecule has 0 saturated heterocycles. The fourth-order valence-electron chi connectivity index (χ4n) is 2.33. The molecule has 3 heteroatoms. The van der Waals surface area contributed by atoms with Crippen molar-refractivity contribution in [3.63, 3.8) is 0 Å². The minimum atomic E-state index is -0.0395. The highest BCUT2D eigenvalue weighted by molar-refractivity contribution is 5.81. The normalized spacial score (nSPS) is 10.6. The Morgan fingerprint density at radius 2 is 1.95 bits per heavy atom. The smallest absolute Gasteiger partial charge is 0.260 e. The van der Waals surface area contributed by atoms with Crippen molar-refractivity contribution in [2.45, 2.75) is 6.54 Å². The van der Waals surface area contributed by atoms with Crippen molar-refractivity contribution in [1.29, 1.82) is 0 Å². The number of fused-ring (bicyclic) bond motifs is 1. The first-order valence-corrected chi connectivity index (χ1v) is 6.46. The van der Waals surface area contributed by atoms with Crippen LogP contribution in [0.3, 0.4) is 0 Å². The molecule has 2 heterocycles. The zero-order chi connectivity index (χ0) is 13.9. The maximum atomic E-state index is 12.6. The van der Waals surface area contributed by atoms with Crippen LogP contribution in [-0.4, -0.2) is 9.55 Å². The van der Waals surface area contributed by atoms with Crippen LogP contribution in [0, 0.1) is 0 Å². The summed E-state index contributed by atoms with van der Waals surface area (Å²) in [6.07, 6.45) is 3.41. The van der Waals surface area contributed by atoms with Crippen molar-refractivity contribution in [2.24, 2.45) is 0 Å². The number of aromatic nitrogens is 2. The summed E-state index contributed by atoms with van der Waals surface area (Å²) in [6, 6.07) is 15.4. The van der Waals surface area contributed by atoms with Gasteiger partial charge in [-0.05, 0) is 23.8 Å². The van der Waals surface area contributed by atoms with Gasteiger partial charge < -0.3 is 0 Å². The lowest BCUT2D eigenvalue weighted by Gasteiger charge is -2.10. The van der Waals surface area contributed by atoms with Crippen LogP contribution in [0.1, 0.15) is 0 Å². The minimum absolute atomic E-state index is 0.0395. The maximum Gasteiger partial charge on any atom is 0.260 e. The Morgan fingerprint density at radius 3 is 2.70 bits per heavy atom. The second-order valence-corrected chi connectivity index (χ2v) is 4.54. The summed E-state index contributed by atoms with van der Waals surface area (Å²) in [5.74, 6) is 0. The molecular formula is C17H14N2O. The molecule has 0 fully saturated rings. The number of allylic oxidation sites excluding steroid dienone is 1. The molecule has 0 radical (unpaired) electrons. The van der Waals surface area contributed by atoms with Crippen LogP contribution in [0.25, 0.3) is 22.2 Å². The van der Waals surface area contributed by atoms with E-state index in [-0.39, 0.29) is 5.56 Å². The second-order valence-electron chi connectivity index (χ2n) is 4.54. The number of pyridine rings is 2. The van der Waals surface area contributed by atoms with E-state index >= 15 is 0 Å². The van der Waals surface area contributed by atoms with E-state index in [1.807, 2.05) is 48.5 Å². The average molecular weight is 262 g/mol. The highest BCUT2D eigenvalue weighted by Gasteiger charge is 2.10. The molecule has 20 heavy (non-hydrogen) atoms. The van der Waals surface area contributed by atoms with E-state index < -0.39 is 0 Å². The molecule has 1 aromatic carbocycles. The van der Waals surface area contributed by atoms with Gasteiger partial charge in [-0.2, -0.15) is 0 Å². The molecule has 0 bridgehead atoms. The zero-order valence-electron chi connectivity index (χ0n) is 11.0. The summed E-state index contributed by atoms with van der Waals surface area (Å²) in [6.45, 7) is 4.17. The monoisotopic (exact) mass is 262 g/mol. The number of rotatable bonds is 3. The van der Waals surface area contributed by atoms with Crippen molar-refractivity contribution in [3.05, 3.63) is 77.7 Å². The van der Waals surface area contributed by atoms with Gasteiger partial charge in [-0.25, -0.2) is 4.98 Å². The largest absolute Gasteiger partial charge is 0.288 e. The topological polar surface area (TPSA) is 34.9 Å². The molecular weight excluding hydrogens is 248 g/mol. The highest BCUT2D eigenvalue weighted by atomic mass is 16.1. The standard InChI is InChI=1S/C17H14N2O/c1-2-11-19-16-14(9-6-10-18-16)12-15(17(19)20)13-7-4-3-5-8-13/h2-10,12H,1,11H2. The molecule has 3 aromatic rings. The Hall–Kier alpha value is -2.68. The summed E-state index contributed by atoms with van der Waals surface area (Å²) in [5, 5.41) is 0.952. The lowest BCUT2D eigenvalue weighted by molar-refractivity contribution is 0.807. The molecule has 0 atom stereocenters. The molecule has 0 aliphatic rings. The summed E-state index contributed by atoms with van der Waals surface area (Å²) >= 11 is 0. The third-order valence-electron chi connectivity index (χ3n) is 3.24. The van der Waals surface area contributed by atoms with Crippen LogP contribution in [0.4, 0.5) is 0 Å². The van der Waals surface area contributed by atoms with Crippen LogP contribution in [0.15, 0.2) is 72.2 Å². The minimum Gasteiger partial charge on any atom is -0.288 e. The summed E-state index contributed by atoms with van der Waals surface area (Å²) in [7, 11) is 0. The van der Waals surface area contributed by atoms with E-state index in [1.54, 1.807) is 16.8 Å². The number of hydrogen-bond acceptors (Lipinski definition) is 2. The summed E-state index contributed by atoms with van der Waals surface area (Å²) < 4.78 is 1.66. The lowest BCUT2D eigenvalue weighted by atomic mass is 10.1. The number of benzene rings is 1. The molecule has 0 aliphatic carbocycles. The van der Waals surface area contributed by atoms with Crippen LogP contribution in [-0.2, 0) is 6.54 Å². The van der Waals surface area contributed by atoms with Gasteiger partial charge in [-0.15, -0.1) is 6.58 Å². The van der Waals surface area contributed by atoms with Gasteiger partial charge >= 0.3 is 0 Å². The Bertz CT molecular complexity index is 819. The fraction of sp³-hybridized carbons (Fsp3) is 0.0588. The van der Waals surface area contributed by atoms with Gasteiger partial charge in [0.25, 0.3) is 5.56 Å². The van der Waals surface area contributed by atoms with E-state index in [2.05, 4.69) is 11.6 Å². The van der Waals surface area contributed by atoms with E-state index in [4.69, 9.17) is 0 Å². The Kier molecular flexibility index (Phi) is 3.17. The molecule has 98 valence electrons. The molecule has 0 spiro atoms. The maximum absolute atomic E-state index is 12.6. The van der Waals surface area contributed by atoms with Gasteiger partial charge in [0.1, 0.15) is 5.65 Å². The first-order valence-electron chi connectivity index (χ1n) is 6.46. The van der Waals surface area contributed by atoms with E-state index in [1.165, 1.54) is 0 Å². The Balaban J connectivity index is 2.37. The summed E-state index contributed by atoms with van der Waals surface area (Å²) in [5.41, 5.74) is 2.26. The van der Waals surface area contributed by atoms with Gasteiger partial charge in [0.15, 0.2) is 0 Å². The molecule has 3 nitrogen and oxygen atoms in total. The third kappa shape index (κ3) is 2.03. The fourth-order valence-corrected chi connectivity index (χ4v) is 2.33. The molecule has 0 aliphatic heterocycles. The van der Waals surface area contributed by atoms with Gasteiger partial charge in [-0.1, -0.05) is 36.4 Å². The molecule has 3 rings (SSSR count). The van der Waals surface area contributed by atoms with Crippen molar-refractivity contribution in [3.8, 4) is 11.1 Å². The predicted molar refractivity (Wildman–Crippen MR) is 81.6 cm³/mol. The predicted octanol–water partition coefficient (Wildman–Crippen LogP) is 3.25. The van der Waals surface area contributed by atoms with Crippen molar-refractivity contribution < 1.29 is 0 Å². The molecule has 0 amide bonds. The van der Waals surface area contributed by atoms with E-state index in [9.17, 15) is 4.79 Å². The highest BCUT2D eigenvalue weighted by Crippen LogP contribution is 2.19. The van der Waals surface area contributed by atoms with Crippen LogP contribution in [0.5, 0.6) is 0 Å². The number of nitrogens with zero attached hydrogens (tertiary/aromatic N) is 2. The quantitative estimate of drug-likeness (QED) is 0.679. The zero-order valence-corrected chi connectivity index (χ0v) is 11.0. The second kappa shape index (κ2) is 5.13.